The summed E-state index contributed by atoms with van der Waals surface area (Å²) in [7, 11) is 4.00. The van der Waals surface area contributed by atoms with E-state index in [0.29, 0.717) is 10.9 Å². The summed E-state index contributed by atoms with van der Waals surface area (Å²) in [6, 6.07) is 0.212. The van der Waals surface area contributed by atoms with Crippen molar-refractivity contribution < 1.29 is 9.90 Å². The molecule has 5 nitrogen and oxygen atoms in total. The fourth-order valence-corrected chi connectivity index (χ4v) is 2.22. The number of carbonyl (C=O) groups is 1. The molecular weight excluding hydrogens is 238 g/mol. The van der Waals surface area contributed by atoms with Gasteiger partial charge in [-0.15, -0.1) is 11.3 Å². The predicted octanol–water partition coefficient (Wildman–Crippen LogP) is 1.84. The zero-order valence-electron chi connectivity index (χ0n) is 10.6. The van der Waals surface area contributed by atoms with E-state index < -0.39 is 5.97 Å². The van der Waals surface area contributed by atoms with Gasteiger partial charge in [-0.05, 0) is 20.0 Å². The number of carboxylic acids is 1. The third kappa shape index (κ3) is 3.98. The molecule has 0 saturated carbocycles. The van der Waals surface area contributed by atoms with Crippen LogP contribution >= 0.6 is 11.3 Å². The SMILES string of the molecule is CC(C)C(CN(C)C)Nc1scnc1C(=O)O. The van der Waals surface area contributed by atoms with Crippen molar-refractivity contribution in [3.63, 3.8) is 0 Å². The number of carboxylic acid groups (broad SMARTS) is 1. The Labute approximate surface area is 105 Å². The molecule has 0 radical (unpaired) electrons. The zero-order chi connectivity index (χ0) is 13.0. The highest BCUT2D eigenvalue weighted by atomic mass is 32.1. The molecule has 0 aliphatic heterocycles. The summed E-state index contributed by atoms with van der Waals surface area (Å²) in [5.41, 5.74) is 1.66. The maximum atomic E-state index is 11.0. The van der Waals surface area contributed by atoms with Gasteiger partial charge in [-0.3, -0.25) is 0 Å². The van der Waals surface area contributed by atoms with E-state index in [2.05, 4.69) is 29.0 Å². The third-order valence-corrected chi connectivity index (χ3v) is 3.21. The number of aromatic carboxylic acids is 1. The van der Waals surface area contributed by atoms with Gasteiger partial charge in [0.25, 0.3) is 0 Å². The van der Waals surface area contributed by atoms with Crippen molar-refractivity contribution in [3.05, 3.63) is 11.2 Å². The van der Waals surface area contributed by atoms with Crippen molar-refractivity contribution in [1.29, 1.82) is 0 Å². The summed E-state index contributed by atoms with van der Waals surface area (Å²) in [4.78, 5) is 16.9. The lowest BCUT2D eigenvalue weighted by atomic mass is 10.0. The minimum Gasteiger partial charge on any atom is -0.476 e. The second kappa shape index (κ2) is 5.97. The maximum Gasteiger partial charge on any atom is 0.357 e. The van der Waals surface area contributed by atoms with Gasteiger partial charge in [0, 0.05) is 12.6 Å². The van der Waals surface area contributed by atoms with Crippen LogP contribution in [0, 0.1) is 5.92 Å². The minimum atomic E-state index is -0.985. The van der Waals surface area contributed by atoms with Gasteiger partial charge in [-0.25, -0.2) is 9.78 Å². The molecule has 1 atom stereocenters. The van der Waals surface area contributed by atoms with Crippen LogP contribution in [0.25, 0.3) is 0 Å². The van der Waals surface area contributed by atoms with Crippen LogP contribution in [0.1, 0.15) is 24.3 Å². The number of nitrogens with one attached hydrogen (secondary N) is 1. The lowest BCUT2D eigenvalue weighted by Gasteiger charge is -2.25. The molecule has 0 aromatic carbocycles. The summed E-state index contributed by atoms with van der Waals surface area (Å²) in [5, 5.41) is 12.9. The fraction of sp³-hybridized carbons (Fsp3) is 0.636. The summed E-state index contributed by atoms with van der Waals surface area (Å²) in [6.45, 7) is 5.08. The van der Waals surface area contributed by atoms with Crippen LogP contribution in [0.5, 0.6) is 0 Å². The molecule has 1 rings (SSSR count). The number of rotatable bonds is 6. The average Bonchev–Trinajstić information content (AvgIpc) is 2.63. The standard InChI is InChI=1S/C11H19N3O2S/c1-7(2)8(5-14(3)4)13-10-9(11(15)16)12-6-17-10/h6-8,13H,5H2,1-4H3,(H,15,16). The summed E-state index contributed by atoms with van der Waals surface area (Å²) < 4.78 is 0. The third-order valence-electron chi connectivity index (χ3n) is 2.45. The van der Waals surface area contributed by atoms with Gasteiger partial charge < -0.3 is 15.3 Å². The second-order valence-electron chi connectivity index (χ2n) is 4.59. The topological polar surface area (TPSA) is 65.5 Å². The minimum absolute atomic E-state index is 0.111. The van der Waals surface area contributed by atoms with Gasteiger partial charge in [0.15, 0.2) is 5.69 Å². The average molecular weight is 257 g/mol. The number of likely N-dealkylation sites (N-methyl/N-ethyl adjacent to an activating group) is 1. The van der Waals surface area contributed by atoms with Crippen molar-refractivity contribution >= 4 is 22.3 Å². The smallest absolute Gasteiger partial charge is 0.357 e. The van der Waals surface area contributed by atoms with Crippen molar-refractivity contribution in [2.45, 2.75) is 19.9 Å². The van der Waals surface area contributed by atoms with Gasteiger partial charge in [-0.2, -0.15) is 0 Å². The molecular formula is C11H19N3O2S. The monoisotopic (exact) mass is 257 g/mol. The van der Waals surface area contributed by atoms with Crippen LogP contribution < -0.4 is 5.32 Å². The molecule has 1 aromatic heterocycles. The van der Waals surface area contributed by atoms with Crippen LogP contribution in [0.3, 0.4) is 0 Å². The fourth-order valence-electron chi connectivity index (χ4n) is 1.49. The highest BCUT2D eigenvalue weighted by Crippen LogP contribution is 2.22. The lowest BCUT2D eigenvalue weighted by molar-refractivity contribution is 0.0692. The molecule has 0 aliphatic carbocycles. The summed E-state index contributed by atoms with van der Waals surface area (Å²) in [6.07, 6.45) is 0. The molecule has 0 amide bonds. The van der Waals surface area contributed by atoms with Gasteiger partial charge in [0.1, 0.15) is 5.00 Å². The van der Waals surface area contributed by atoms with Gasteiger partial charge >= 0.3 is 5.97 Å². The molecule has 6 heteroatoms. The van der Waals surface area contributed by atoms with Crippen LogP contribution in [0.2, 0.25) is 0 Å². The van der Waals surface area contributed by atoms with E-state index in [1.807, 2.05) is 14.1 Å². The first-order valence-electron chi connectivity index (χ1n) is 5.49. The molecule has 0 aliphatic rings. The van der Waals surface area contributed by atoms with Crippen LogP contribution in [-0.2, 0) is 0 Å². The van der Waals surface area contributed by atoms with Crippen LogP contribution in [-0.4, -0.2) is 47.6 Å². The highest BCUT2D eigenvalue weighted by molar-refractivity contribution is 7.14. The first-order chi connectivity index (χ1) is 7.91. The van der Waals surface area contributed by atoms with E-state index in [1.54, 1.807) is 5.51 Å². The van der Waals surface area contributed by atoms with Crippen molar-refractivity contribution in [2.75, 3.05) is 26.0 Å². The van der Waals surface area contributed by atoms with E-state index in [-0.39, 0.29) is 11.7 Å². The zero-order valence-corrected chi connectivity index (χ0v) is 11.4. The van der Waals surface area contributed by atoms with E-state index in [4.69, 9.17) is 5.11 Å². The highest BCUT2D eigenvalue weighted by Gasteiger charge is 2.19. The Morgan fingerprint density at radius 1 is 1.59 bits per heavy atom. The Kier molecular flexibility index (Phi) is 4.89. The quantitative estimate of drug-likeness (QED) is 0.814. The molecule has 96 valence electrons. The Morgan fingerprint density at radius 3 is 2.71 bits per heavy atom. The van der Waals surface area contributed by atoms with E-state index in [9.17, 15) is 4.79 Å². The molecule has 0 bridgehead atoms. The number of aromatic nitrogens is 1. The summed E-state index contributed by atoms with van der Waals surface area (Å²) in [5.74, 6) is -0.567. The second-order valence-corrected chi connectivity index (χ2v) is 5.45. The van der Waals surface area contributed by atoms with E-state index in [1.165, 1.54) is 11.3 Å². The number of anilines is 1. The maximum absolute atomic E-state index is 11.0. The van der Waals surface area contributed by atoms with Crippen LogP contribution in [0.4, 0.5) is 5.00 Å². The Bertz CT molecular complexity index is 377. The Morgan fingerprint density at radius 2 is 2.24 bits per heavy atom. The lowest BCUT2D eigenvalue weighted by Crippen LogP contribution is -2.36. The number of thiazole rings is 1. The first-order valence-corrected chi connectivity index (χ1v) is 6.37. The largest absolute Gasteiger partial charge is 0.476 e. The normalized spacial score (nSPS) is 13.1. The molecule has 0 fully saturated rings. The van der Waals surface area contributed by atoms with Gasteiger partial charge in [-0.1, -0.05) is 13.8 Å². The Balaban J connectivity index is 2.78. The predicted molar refractivity (Wildman–Crippen MR) is 69.9 cm³/mol. The molecule has 1 aromatic rings. The van der Waals surface area contributed by atoms with E-state index in [0.717, 1.165) is 6.54 Å². The van der Waals surface area contributed by atoms with Crippen molar-refractivity contribution in [1.82, 2.24) is 9.88 Å². The number of hydrogen-bond donors (Lipinski definition) is 2. The molecule has 17 heavy (non-hydrogen) atoms. The molecule has 1 unspecified atom stereocenters. The van der Waals surface area contributed by atoms with Crippen LogP contribution in [0.15, 0.2) is 5.51 Å². The number of hydrogen-bond acceptors (Lipinski definition) is 5. The number of nitrogens with zero attached hydrogens (tertiary/aromatic N) is 2. The van der Waals surface area contributed by atoms with Gasteiger partial charge in [0.2, 0.25) is 0 Å². The van der Waals surface area contributed by atoms with Crippen molar-refractivity contribution in [3.8, 4) is 0 Å². The van der Waals surface area contributed by atoms with Gasteiger partial charge in [0.05, 0.1) is 5.51 Å². The molecule has 0 saturated heterocycles. The van der Waals surface area contributed by atoms with Crippen molar-refractivity contribution in [2.24, 2.45) is 5.92 Å². The molecule has 0 spiro atoms. The molecule has 1 heterocycles. The summed E-state index contributed by atoms with van der Waals surface area (Å²) >= 11 is 1.33. The molecule has 2 N–H and O–H groups in total. The first kappa shape index (κ1) is 13.9. The Hall–Kier alpha value is -1.14. The van der Waals surface area contributed by atoms with E-state index >= 15 is 0 Å².